The first-order chi connectivity index (χ1) is 14.6. The molecule has 2 fully saturated rings. The van der Waals surface area contributed by atoms with Crippen molar-refractivity contribution in [3.63, 3.8) is 0 Å². The molecule has 0 spiro atoms. The highest BCUT2D eigenvalue weighted by Crippen LogP contribution is 2.38. The van der Waals surface area contributed by atoms with Crippen LogP contribution in [0.25, 0.3) is 0 Å². The minimum atomic E-state index is -0.771. The zero-order valence-electron chi connectivity index (χ0n) is 16.7. The van der Waals surface area contributed by atoms with Gasteiger partial charge in [-0.25, -0.2) is 9.69 Å². The summed E-state index contributed by atoms with van der Waals surface area (Å²) >= 11 is 0. The third kappa shape index (κ3) is 3.47. The number of ether oxygens (including phenoxy) is 1. The first-order valence-corrected chi connectivity index (χ1v) is 10.5. The van der Waals surface area contributed by atoms with E-state index in [4.69, 9.17) is 4.74 Å². The maximum atomic E-state index is 13.8. The van der Waals surface area contributed by atoms with Gasteiger partial charge in [-0.3, -0.25) is 9.59 Å². The highest BCUT2D eigenvalue weighted by molar-refractivity contribution is 6.00. The lowest BCUT2D eigenvalue weighted by atomic mass is 9.90. The van der Waals surface area contributed by atoms with E-state index in [1.165, 1.54) is 4.90 Å². The molecule has 154 valence electrons. The summed E-state index contributed by atoms with van der Waals surface area (Å²) in [6.07, 6.45) is 2.36. The molecule has 1 saturated carbocycles. The highest BCUT2D eigenvalue weighted by atomic mass is 16.6. The number of imide groups is 1. The van der Waals surface area contributed by atoms with E-state index >= 15 is 0 Å². The molecule has 2 atom stereocenters. The van der Waals surface area contributed by atoms with E-state index in [1.807, 2.05) is 54.6 Å². The minimum Gasteiger partial charge on any atom is -0.447 e. The zero-order valence-corrected chi connectivity index (χ0v) is 16.7. The number of amides is 3. The fourth-order valence-electron chi connectivity index (χ4n) is 4.49. The van der Waals surface area contributed by atoms with Crippen LogP contribution in [0.3, 0.4) is 0 Å². The van der Waals surface area contributed by atoms with E-state index < -0.39 is 12.1 Å². The Kier molecular flexibility index (Phi) is 4.77. The van der Waals surface area contributed by atoms with Crippen LogP contribution in [-0.2, 0) is 27.2 Å². The van der Waals surface area contributed by atoms with Crippen LogP contribution in [0.5, 0.6) is 0 Å². The van der Waals surface area contributed by atoms with Crippen molar-refractivity contribution in [1.29, 1.82) is 0 Å². The SMILES string of the molecule is O=C1Cc2ccccc2[C@@H](C(=O)N2C(=O)OC[C@@H]2Cc2ccccc2)N1CC1CC1. The number of hydrogen-bond donors (Lipinski definition) is 0. The molecule has 1 saturated heterocycles. The van der Waals surface area contributed by atoms with Crippen molar-refractivity contribution in [2.75, 3.05) is 13.2 Å². The number of carbonyl (C=O) groups excluding carboxylic acids is 3. The summed E-state index contributed by atoms with van der Waals surface area (Å²) in [6, 6.07) is 16.2. The molecular weight excluding hydrogens is 380 g/mol. The summed E-state index contributed by atoms with van der Waals surface area (Å²) in [5.74, 6) is 0.0332. The van der Waals surface area contributed by atoms with Crippen molar-refractivity contribution in [2.24, 2.45) is 5.92 Å². The van der Waals surface area contributed by atoms with E-state index in [0.29, 0.717) is 25.3 Å². The van der Waals surface area contributed by atoms with Crippen molar-refractivity contribution in [1.82, 2.24) is 9.80 Å². The van der Waals surface area contributed by atoms with Gasteiger partial charge in [-0.05, 0) is 41.9 Å². The van der Waals surface area contributed by atoms with Crippen LogP contribution in [0, 0.1) is 5.92 Å². The number of cyclic esters (lactones) is 1. The van der Waals surface area contributed by atoms with Crippen LogP contribution < -0.4 is 0 Å². The summed E-state index contributed by atoms with van der Waals surface area (Å²) in [6.45, 7) is 0.736. The van der Waals surface area contributed by atoms with Gasteiger partial charge < -0.3 is 9.64 Å². The Morgan fingerprint density at radius 3 is 2.50 bits per heavy atom. The van der Waals surface area contributed by atoms with Gasteiger partial charge in [0.05, 0.1) is 12.5 Å². The fraction of sp³-hybridized carbons (Fsp3) is 0.375. The van der Waals surface area contributed by atoms with Crippen LogP contribution in [0.4, 0.5) is 4.79 Å². The number of nitrogens with zero attached hydrogens (tertiary/aromatic N) is 2. The molecule has 0 unspecified atom stereocenters. The molecule has 0 radical (unpaired) electrons. The quantitative estimate of drug-likeness (QED) is 0.768. The van der Waals surface area contributed by atoms with E-state index in [9.17, 15) is 14.4 Å². The smallest absolute Gasteiger partial charge is 0.417 e. The van der Waals surface area contributed by atoms with Gasteiger partial charge in [-0.15, -0.1) is 0 Å². The van der Waals surface area contributed by atoms with E-state index in [0.717, 1.165) is 29.5 Å². The van der Waals surface area contributed by atoms with Gasteiger partial charge in [0.1, 0.15) is 12.6 Å². The molecular formula is C24H24N2O4. The molecule has 1 aliphatic carbocycles. The predicted molar refractivity (Wildman–Crippen MR) is 109 cm³/mol. The highest BCUT2D eigenvalue weighted by Gasteiger charge is 2.47. The number of carbonyl (C=O) groups is 3. The molecule has 3 aliphatic rings. The summed E-state index contributed by atoms with van der Waals surface area (Å²) in [5.41, 5.74) is 2.72. The Bertz CT molecular complexity index is 986. The van der Waals surface area contributed by atoms with Gasteiger partial charge in [-0.2, -0.15) is 0 Å². The summed E-state index contributed by atoms with van der Waals surface area (Å²) in [5, 5.41) is 0. The summed E-state index contributed by atoms with van der Waals surface area (Å²) in [7, 11) is 0. The van der Waals surface area contributed by atoms with Crippen LogP contribution in [0.2, 0.25) is 0 Å². The van der Waals surface area contributed by atoms with Gasteiger partial charge >= 0.3 is 6.09 Å². The first kappa shape index (κ1) is 18.9. The first-order valence-electron chi connectivity index (χ1n) is 10.5. The Hall–Kier alpha value is -3.15. The lowest BCUT2D eigenvalue weighted by Crippen LogP contribution is -2.51. The third-order valence-corrected chi connectivity index (χ3v) is 6.22. The molecule has 2 heterocycles. The van der Waals surface area contributed by atoms with Gasteiger partial charge in [0.15, 0.2) is 0 Å². The molecule has 5 rings (SSSR count). The summed E-state index contributed by atoms with van der Waals surface area (Å²) in [4.78, 5) is 42.2. The summed E-state index contributed by atoms with van der Waals surface area (Å²) < 4.78 is 5.27. The molecule has 0 N–H and O–H groups in total. The molecule has 2 aliphatic heterocycles. The number of fused-ring (bicyclic) bond motifs is 1. The second kappa shape index (κ2) is 7.59. The maximum absolute atomic E-state index is 13.8. The zero-order chi connectivity index (χ0) is 20.7. The molecule has 6 nitrogen and oxygen atoms in total. The Morgan fingerprint density at radius 2 is 1.73 bits per heavy atom. The van der Waals surface area contributed by atoms with E-state index in [1.54, 1.807) is 4.90 Å². The number of benzene rings is 2. The second-order valence-corrected chi connectivity index (χ2v) is 8.40. The maximum Gasteiger partial charge on any atom is 0.417 e. The van der Waals surface area contributed by atoms with E-state index in [-0.39, 0.29) is 24.5 Å². The van der Waals surface area contributed by atoms with Crippen molar-refractivity contribution in [2.45, 2.75) is 37.8 Å². The molecule has 3 amide bonds. The normalized spacial score (nSPS) is 23.3. The Morgan fingerprint density at radius 1 is 1.00 bits per heavy atom. The topological polar surface area (TPSA) is 66.9 Å². The number of hydrogen-bond acceptors (Lipinski definition) is 4. The molecule has 6 heteroatoms. The Balaban J connectivity index is 1.48. The fourth-order valence-corrected chi connectivity index (χ4v) is 4.49. The Labute approximate surface area is 175 Å². The molecule has 0 aromatic heterocycles. The van der Waals surface area contributed by atoms with Crippen LogP contribution in [0.15, 0.2) is 54.6 Å². The van der Waals surface area contributed by atoms with Gasteiger partial charge in [0, 0.05) is 6.54 Å². The van der Waals surface area contributed by atoms with Gasteiger partial charge in [0.2, 0.25) is 5.91 Å². The average molecular weight is 404 g/mol. The van der Waals surface area contributed by atoms with Gasteiger partial charge in [-0.1, -0.05) is 54.6 Å². The lowest BCUT2D eigenvalue weighted by Gasteiger charge is -2.38. The van der Waals surface area contributed by atoms with Crippen LogP contribution in [-0.4, -0.2) is 46.9 Å². The molecule has 2 aromatic carbocycles. The van der Waals surface area contributed by atoms with Gasteiger partial charge in [0.25, 0.3) is 5.91 Å². The van der Waals surface area contributed by atoms with Crippen LogP contribution in [0.1, 0.15) is 35.6 Å². The van der Waals surface area contributed by atoms with Crippen molar-refractivity contribution in [3.05, 3.63) is 71.3 Å². The third-order valence-electron chi connectivity index (χ3n) is 6.22. The predicted octanol–water partition coefficient (Wildman–Crippen LogP) is 3.11. The van der Waals surface area contributed by atoms with Crippen LogP contribution >= 0.6 is 0 Å². The lowest BCUT2D eigenvalue weighted by molar-refractivity contribution is -0.146. The van der Waals surface area contributed by atoms with Crippen molar-refractivity contribution in [3.8, 4) is 0 Å². The second-order valence-electron chi connectivity index (χ2n) is 8.40. The largest absolute Gasteiger partial charge is 0.447 e. The number of rotatable bonds is 5. The minimum absolute atomic E-state index is 0.0499. The standard InChI is InChI=1S/C24H24N2O4/c27-21-13-18-8-4-5-9-20(18)22(25(21)14-17-10-11-17)23(28)26-19(15-30-24(26)29)12-16-6-2-1-3-7-16/h1-9,17,19,22H,10-15H2/t19-,22-/m0/s1. The van der Waals surface area contributed by atoms with Crippen molar-refractivity contribution < 1.29 is 19.1 Å². The van der Waals surface area contributed by atoms with E-state index in [2.05, 4.69) is 0 Å². The molecule has 2 aromatic rings. The molecule has 30 heavy (non-hydrogen) atoms. The average Bonchev–Trinajstić information content (AvgIpc) is 3.50. The van der Waals surface area contributed by atoms with Crippen molar-refractivity contribution >= 4 is 17.9 Å². The molecule has 0 bridgehead atoms. The monoisotopic (exact) mass is 404 g/mol.